The summed E-state index contributed by atoms with van der Waals surface area (Å²) in [6, 6.07) is 68.4. The van der Waals surface area contributed by atoms with Crippen molar-refractivity contribution in [2.75, 3.05) is 0 Å². The van der Waals surface area contributed by atoms with E-state index >= 15 is 0 Å². The smallest absolute Gasteiger partial charge is 0.179 e. The van der Waals surface area contributed by atoms with Gasteiger partial charge < -0.3 is 9.13 Å². The summed E-state index contributed by atoms with van der Waals surface area (Å²) >= 11 is 2.93. The van der Waals surface area contributed by atoms with E-state index in [9.17, 15) is 0 Å². The Labute approximate surface area is 337 Å². The predicted octanol–water partition coefficient (Wildman–Crippen LogP) is 11.5. The van der Waals surface area contributed by atoms with Gasteiger partial charge in [0.25, 0.3) is 0 Å². The van der Waals surface area contributed by atoms with Gasteiger partial charge in [-0.15, -0.1) is 4.43 Å². The maximum Gasteiger partial charge on any atom is 0.179 e. The van der Waals surface area contributed by atoms with Crippen LogP contribution in [0.25, 0.3) is 100 Å². The summed E-state index contributed by atoms with van der Waals surface area (Å²) in [7, 11) is 0. The van der Waals surface area contributed by atoms with Crippen LogP contribution in [0.5, 0.6) is 0 Å². The fourth-order valence-corrected chi connectivity index (χ4v) is 8.59. The normalized spacial score (nSPS) is 11.6. The van der Waals surface area contributed by atoms with Crippen LogP contribution in [0.15, 0.2) is 194 Å². The Kier molecular flexibility index (Phi) is 7.92. The fraction of sp³-hybridized carbons (Fsp3) is 0. The lowest BCUT2D eigenvalue weighted by molar-refractivity contribution is 1.07. The first-order chi connectivity index (χ1) is 28.2. The molecule has 0 aliphatic carbocycles. The van der Waals surface area contributed by atoms with Gasteiger partial charge in [0.05, 0.1) is 22.1 Å². The summed E-state index contributed by atoms with van der Waals surface area (Å²) in [5.74, 6) is 1.92. The van der Waals surface area contributed by atoms with E-state index in [2.05, 4.69) is 159 Å². The first-order valence-corrected chi connectivity index (χ1v) is 19.7. The summed E-state index contributed by atoms with van der Waals surface area (Å²) in [6.07, 6.45) is 0. The van der Waals surface area contributed by atoms with Gasteiger partial charge in [-0.3, -0.25) is 0 Å². The number of para-hydroxylation sites is 3. The molecule has 0 atom stereocenters. The second-order valence-corrected chi connectivity index (χ2v) is 14.9. The van der Waals surface area contributed by atoms with Crippen molar-refractivity contribution >= 4 is 64.3 Å². The minimum atomic E-state index is 0.631. The van der Waals surface area contributed by atoms with Gasteiger partial charge in [-0.2, -0.15) is 0 Å². The first-order valence-electron chi connectivity index (χ1n) is 19.1. The van der Waals surface area contributed by atoms with Crippen LogP contribution in [0.3, 0.4) is 0 Å². The summed E-state index contributed by atoms with van der Waals surface area (Å²) in [5, 5.41) is 4.78. The molecule has 57 heavy (non-hydrogen) atoms. The van der Waals surface area contributed by atoms with Crippen LogP contribution in [0.1, 0.15) is 0 Å². The highest BCUT2D eigenvalue weighted by Gasteiger charge is 2.19. The van der Waals surface area contributed by atoms with Crippen LogP contribution in [0.2, 0.25) is 0 Å². The van der Waals surface area contributed by atoms with Crippen LogP contribution < -0.4 is 4.43 Å². The summed E-state index contributed by atoms with van der Waals surface area (Å²) in [5.41, 5.74) is 12.0. The Balaban J connectivity index is 1.12. The van der Waals surface area contributed by atoms with E-state index in [-0.39, 0.29) is 0 Å². The maximum absolute atomic E-state index is 5.07. The van der Waals surface area contributed by atoms with E-state index in [1.54, 1.807) is 0 Å². The Bertz CT molecular complexity index is 3200. The Morgan fingerprint density at radius 1 is 0.316 bits per heavy atom. The highest BCUT2D eigenvalue weighted by Crippen LogP contribution is 2.38. The summed E-state index contributed by atoms with van der Waals surface area (Å²) in [4.78, 5) is 15.1. The van der Waals surface area contributed by atoms with E-state index in [1.807, 2.05) is 60.7 Å². The van der Waals surface area contributed by atoms with Gasteiger partial charge >= 0.3 is 0 Å². The molecule has 264 valence electrons. The van der Waals surface area contributed by atoms with Gasteiger partial charge in [0.15, 0.2) is 33.8 Å². The Morgan fingerprint density at radius 2 is 0.772 bits per heavy atom. The maximum atomic E-state index is 5.07. The van der Waals surface area contributed by atoms with Crippen molar-refractivity contribution in [3.05, 3.63) is 194 Å². The molecule has 0 saturated carbocycles. The zero-order chi connectivity index (χ0) is 37.9. The van der Waals surface area contributed by atoms with E-state index in [0.717, 1.165) is 65.4 Å². The summed E-state index contributed by atoms with van der Waals surface area (Å²) < 4.78 is 5.87. The standard InChI is InChI=1S/C51H32N5.Al/c1-4-15-34(16-5-1)49-52-50(35-17-6-2-7-18-35)54-51(53-49)38-28-30-48-44(33-38)43-32-37(27-29-47(43)55(48)39-20-8-3-9-21-39)36-19-14-22-40(31-36)56-45-25-12-10-23-41(45)42-24-11-13-26-46(42)56;/h1-20,22-33H;. The quantitative estimate of drug-likeness (QED) is 0.159. The molecule has 0 N–H and O–H groups in total. The zero-order valence-electron chi connectivity index (χ0n) is 30.8. The molecule has 0 aliphatic heterocycles. The molecular formula is C51H32AlN5. The molecule has 3 aromatic heterocycles. The first kappa shape index (κ1) is 33.3. The van der Waals surface area contributed by atoms with Crippen molar-refractivity contribution in [3.63, 3.8) is 0 Å². The van der Waals surface area contributed by atoms with Gasteiger partial charge in [0.2, 0.25) is 0 Å². The van der Waals surface area contributed by atoms with E-state index < -0.39 is 0 Å². The number of aromatic nitrogens is 5. The SMILES string of the molecule is [Al][c]1ccccc1-n1c2ccc(-c3cccc(-n4c5ccccc5c5ccccc54)c3)cc2c2cc(-c3nc(-c4ccccc4)nc(-c4ccccc4)n3)ccc21. The molecule has 8 aromatic carbocycles. The second-order valence-electron chi connectivity index (χ2n) is 14.3. The van der Waals surface area contributed by atoms with Gasteiger partial charge in [0, 0.05) is 49.6 Å². The van der Waals surface area contributed by atoms with Gasteiger partial charge in [-0.05, 0) is 71.8 Å². The number of hydrogen-bond acceptors (Lipinski definition) is 3. The van der Waals surface area contributed by atoms with Crippen LogP contribution in [0, 0.1) is 0 Å². The Morgan fingerprint density at radius 3 is 1.39 bits per heavy atom. The minimum Gasteiger partial charge on any atom is -0.311 e. The monoisotopic (exact) mass is 741 g/mol. The molecule has 0 fully saturated rings. The Hall–Kier alpha value is -7.10. The second kappa shape index (κ2) is 13.6. The summed E-state index contributed by atoms with van der Waals surface area (Å²) in [6.45, 7) is 0. The number of fused-ring (bicyclic) bond motifs is 6. The molecule has 0 spiro atoms. The average Bonchev–Trinajstić information content (AvgIpc) is 3.79. The number of hydrogen-bond donors (Lipinski definition) is 0. The molecule has 0 unspecified atom stereocenters. The number of benzene rings is 8. The van der Waals surface area contributed by atoms with E-state index in [1.165, 1.54) is 21.8 Å². The molecule has 3 heterocycles. The van der Waals surface area contributed by atoms with Crippen LogP contribution >= 0.6 is 0 Å². The predicted molar refractivity (Wildman–Crippen MR) is 236 cm³/mol. The highest BCUT2D eigenvalue weighted by molar-refractivity contribution is 6.35. The van der Waals surface area contributed by atoms with Crippen LogP contribution in [-0.2, 0) is 0 Å². The van der Waals surface area contributed by atoms with Gasteiger partial charge in [-0.25, -0.2) is 15.0 Å². The van der Waals surface area contributed by atoms with E-state index in [0.29, 0.717) is 17.5 Å². The molecule has 11 aromatic rings. The zero-order valence-corrected chi connectivity index (χ0v) is 31.9. The molecule has 11 rings (SSSR count). The third kappa shape index (κ3) is 5.66. The van der Waals surface area contributed by atoms with Crippen molar-refractivity contribution < 1.29 is 0 Å². The largest absolute Gasteiger partial charge is 0.311 e. The molecule has 0 saturated heterocycles. The lowest BCUT2D eigenvalue weighted by atomic mass is 10.0. The molecule has 2 radical (unpaired) electrons. The third-order valence-electron chi connectivity index (χ3n) is 10.9. The topological polar surface area (TPSA) is 48.5 Å². The molecule has 5 nitrogen and oxygen atoms in total. The van der Waals surface area contributed by atoms with Crippen molar-refractivity contribution in [2.24, 2.45) is 0 Å². The minimum absolute atomic E-state index is 0.631. The van der Waals surface area contributed by atoms with E-state index in [4.69, 9.17) is 15.0 Å². The van der Waals surface area contributed by atoms with Crippen molar-refractivity contribution in [3.8, 4) is 56.7 Å². The highest BCUT2D eigenvalue weighted by atomic mass is 27.0. The van der Waals surface area contributed by atoms with Crippen LogP contribution in [-0.4, -0.2) is 40.4 Å². The lowest BCUT2D eigenvalue weighted by Crippen LogP contribution is -2.11. The number of nitrogens with zero attached hydrogens (tertiary/aromatic N) is 5. The molecule has 0 amide bonds. The van der Waals surface area contributed by atoms with Crippen molar-refractivity contribution in [2.45, 2.75) is 0 Å². The fourth-order valence-electron chi connectivity index (χ4n) is 8.26. The molecule has 0 bridgehead atoms. The third-order valence-corrected chi connectivity index (χ3v) is 11.4. The molecule has 6 heteroatoms. The number of rotatable bonds is 6. The van der Waals surface area contributed by atoms with Crippen molar-refractivity contribution in [1.29, 1.82) is 0 Å². The lowest BCUT2D eigenvalue weighted by Gasteiger charge is -2.13. The molecule has 0 aliphatic rings. The van der Waals surface area contributed by atoms with Gasteiger partial charge in [-0.1, -0.05) is 133 Å². The average molecular weight is 742 g/mol. The molecular weight excluding hydrogens is 710 g/mol. The van der Waals surface area contributed by atoms with Crippen LogP contribution in [0.4, 0.5) is 0 Å². The van der Waals surface area contributed by atoms with Crippen molar-refractivity contribution in [1.82, 2.24) is 24.1 Å². The van der Waals surface area contributed by atoms with Gasteiger partial charge in [0.1, 0.15) is 0 Å².